The summed E-state index contributed by atoms with van der Waals surface area (Å²) in [5.74, 6) is 1.22. The molecule has 0 aliphatic heterocycles. The SMILES string of the molecule is Nc1cc(N)c(Oc2ccccc2)cc1N. The minimum atomic E-state index is 0.456. The Morgan fingerprint density at radius 1 is 0.750 bits per heavy atom. The normalized spacial score (nSPS) is 10.0. The highest BCUT2D eigenvalue weighted by molar-refractivity contribution is 5.74. The third-order valence-corrected chi connectivity index (χ3v) is 2.19. The number of hydrogen-bond acceptors (Lipinski definition) is 4. The van der Waals surface area contributed by atoms with Crippen molar-refractivity contribution >= 4 is 17.1 Å². The first-order valence-corrected chi connectivity index (χ1v) is 4.84. The molecule has 0 saturated carbocycles. The number of hydrogen-bond donors (Lipinski definition) is 3. The van der Waals surface area contributed by atoms with E-state index in [1.165, 1.54) is 0 Å². The first-order valence-electron chi connectivity index (χ1n) is 4.84. The maximum atomic E-state index is 5.78. The number of rotatable bonds is 2. The van der Waals surface area contributed by atoms with Gasteiger partial charge in [-0.15, -0.1) is 0 Å². The van der Waals surface area contributed by atoms with Crippen LogP contribution in [0.3, 0.4) is 0 Å². The van der Waals surface area contributed by atoms with Crippen molar-refractivity contribution in [1.82, 2.24) is 0 Å². The lowest BCUT2D eigenvalue weighted by Crippen LogP contribution is -1.99. The average molecular weight is 215 g/mol. The molecule has 0 fully saturated rings. The molecular formula is C12H13N3O. The summed E-state index contributed by atoms with van der Waals surface area (Å²) in [6.07, 6.45) is 0. The van der Waals surface area contributed by atoms with Gasteiger partial charge in [-0.3, -0.25) is 0 Å². The first kappa shape index (κ1) is 10.2. The molecule has 0 radical (unpaired) electrons. The number of benzene rings is 2. The number of anilines is 3. The Hall–Kier alpha value is -2.36. The highest BCUT2D eigenvalue weighted by Crippen LogP contribution is 2.32. The van der Waals surface area contributed by atoms with E-state index in [1.807, 2.05) is 30.3 Å². The van der Waals surface area contributed by atoms with Crippen LogP contribution in [0.25, 0.3) is 0 Å². The standard InChI is InChI=1S/C12H13N3O/c13-9-6-11(15)12(7-10(9)14)16-8-4-2-1-3-5-8/h1-7H,13-15H2. The van der Waals surface area contributed by atoms with Gasteiger partial charge in [0.25, 0.3) is 0 Å². The molecule has 0 heterocycles. The van der Waals surface area contributed by atoms with E-state index in [0.717, 1.165) is 0 Å². The molecular weight excluding hydrogens is 202 g/mol. The van der Waals surface area contributed by atoms with Crippen LogP contribution < -0.4 is 21.9 Å². The molecule has 0 aliphatic carbocycles. The summed E-state index contributed by atoms with van der Waals surface area (Å²) in [5.41, 5.74) is 18.5. The minimum Gasteiger partial charge on any atom is -0.455 e. The van der Waals surface area contributed by atoms with E-state index in [2.05, 4.69) is 0 Å². The number of ether oxygens (including phenoxy) is 1. The maximum absolute atomic E-state index is 5.78. The summed E-state index contributed by atoms with van der Waals surface area (Å²) in [6.45, 7) is 0. The first-order chi connectivity index (χ1) is 7.66. The van der Waals surface area contributed by atoms with Gasteiger partial charge in [-0.1, -0.05) is 18.2 Å². The van der Waals surface area contributed by atoms with Crippen LogP contribution in [0.1, 0.15) is 0 Å². The van der Waals surface area contributed by atoms with Gasteiger partial charge in [-0.05, 0) is 18.2 Å². The molecule has 16 heavy (non-hydrogen) atoms. The molecule has 0 aromatic heterocycles. The highest BCUT2D eigenvalue weighted by Gasteiger charge is 2.05. The second kappa shape index (κ2) is 4.02. The van der Waals surface area contributed by atoms with Crippen LogP contribution in [0, 0.1) is 0 Å². The molecule has 0 aliphatic rings. The Kier molecular flexibility index (Phi) is 2.55. The molecule has 0 bridgehead atoms. The Labute approximate surface area is 93.6 Å². The lowest BCUT2D eigenvalue weighted by molar-refractivity contribution is 0.485. The van der Waals surface area contributed by atoms with Gasteiger partial charge in [0.15, 0.2) is 5.75 Å². The summed E-state index contributed by atoms with van der Waals surface area (Å²) in [4.78, 5) is 0. The van der Waals surface area contributed by atoms with Gasteiger partial charge in [0.1, 0.15) is 5.75 Å². The van der Waals surface area contributed by atoms with Crippen molar-refractivity contribution < 1.29 is 4.74 Å². The highest BCUT2D eigenvalue weighted by atomic mass is 16.5. The van der Waals surface area contributed by atoms with Gasteiger partial charge in [0.05, 0.1) is 17.1 Å². The van der Waals surface area contributed by atoms with Gasteiger partial charge >= 0.3 is 0 Å². The predicted molar refractivity (Wildman–Crippen MR) is 66.2 cm³/mol. The number of para-hydroxylation sites is 1. The van der Waals surface area contributed by atoms with E-state index < -0.39 is 0 Å². The van der Waals surface area contributed by atoms with Gasteiger partial charge < -0.3 is 21.9 Å². The molecule has 2 aromatic rings. The van der Waals surface area contributed by atoms with E-state index in [-0.39, 0.29) is 0 Å². The Morgan fingerprint density at radius 2 is 1.38 bits per heavy atom. The zero-order chi connectivity index (χ0) is 11.5. The summed E-state index contributed by atoms with van der Waals surface area (Å²) < 4.78 is 5.58. The number of nitrogen functional groups attached to an aromatic ring is 3. The lowest BCUT2D eigenvalue weighted by atomic mass is 10.2. The van der Waals surface area contributed by atoms with Crippen LogP contribution in [-0.2, 0) is 0 Å². The third kappa shape index (κ3) is 2.00. The van der Waals surface area contributed by atoms with Crippen molar-refractivity contribution in [2.45, 2.75) is 0 Å². The van der Waals surface area contributed by atoms with Crippen LogP contribution in [0.4, 0.5) is 17.1 Å². The van der Waals surface area contributed by atoms with Crippen molar-refractivity contribution in [3.05, 3.63) is 42.5 Å². The second-order valence-corrected chi connectivity index (χ2v) is 3.43. The van der Waals surface area contributed by atoms with Gasteiger partial charge in [0, 0.05) is 6.07 Å². The van der Waals surface area contributed by atoms with Gasteiger partial charge in [-0.25, -0.2) is 0 Å². The van der Waals surface area contributed by atoms with E-state index in [9.17, 15) is 0 Å². The van der Waals surface area contributed by atoms with E-state index in [4.69, 9.17) is 21.9 Å². The molecule has 0 unspecified atom stereocenters. The fourth-order valence-corrected chi connectivity index (χ4v) is 1.33. The van der Waals surface area contributed by atoms with Gasteiger partial charge in [0.2, 0.25) is 0 Å². The molecule has 82 valence electrons. The quantitative estimate of drug-likeness (QED) is 0.670. The van der Waals surface area contributed by atoms with Crippen LogP contribution >= 0.6 is 0 Å². The summed E-state index contributed by atoms with van der Waals surface area (Å²) >= 11 is 0. The third-order valence-electron chi connectivity index (χ3n) is 2.19. The zero-order valence-corrected chi connectivity index (χ0v) is 8.68. The van der Waals surface area contributed by atoms with E-state index in [0.29, 0.717) is 28.6 Å². The zero-order valence-electron chi connectivity index (χ0n) is 8.68. The van der Waals surface area contributed by atoms with Crippen molar-refractivity contribution in [2.75, 3.05) is 17.2 Å². The fourth-order valence-electron chi connectivity index (χ4n) is 1.33. The molecule has 2 aromatic carbocycles. The van der Waals surface area contributed by atoms with E-state index in [1.54, 1.807) is 12.1 Å². The molecule has 4 heteroatoms. The monoisotopic (exact) mass is 215 g/mol. The predicted octanol–water partition coefficient (Wildman–Crippen LogP) is 2.23. The van der Waals surface area contributed by atoms with Crippen molar-refractivity contribution in [3.63, 3.8) is 0 Å². The summed E-state index contributed by atoms with van der Waals surface area (Å²) in [5, 5.41) is 0. The summed E-state index contributed by atoms with van der Waals surface area (Å²) in [6, 6.07) is 12.6. The Morgan fingerprint density at radius 3 is 2.06 bits per heavy atom. The molecule has 0 amide bonds. The van der Waals surface area contributed by atoms with Crippen LogP contribution in [0.5, 0.6) is 11.5 Å². The van der Waals surface area contributed by atoms with Crippen LogP contribution in [-0.4, -0.2) is 0 Å². The molecule has 4 nitrogen and oxygen atoms in total. The smallest absolute Gasteiger partial charge is 0.152 e. The number of nitrogens with two attached hydrogens (primary N) is 3. The second-order valence-electron chi connectivity index (χ2n) is 3.43. The molecule has 0 spiro atoms. The average Bonchev–Trinajstić information content (AvgIpc) is 2.27. The van der Waals surface area contributed by atoms with Crippen LogP contribution in [0.15, 0.2) is 42.5 Å². The molecule has 0 atom stereocenters. The summed E-state index contributed by atoms with van der Waals surface area (Å²) in [7, 11) is 0. The topological polar surface area (TPSA) is 87.3 Å². The van der Waals surface area contributed by atoms with Gasteiger partial charge in [-0.2, -0.15) is 0 Å². The fraction of sp³-hybridized carbons (Fsp3) is 0. The molecule has 0 saturated heterocycles. The molecule has 6 N–H and O–H groups in total. The largest absolute Gasteiger partial charge is 0.455 e. The van der Waals surface area contributed by atoms with Crippen LogP contribution in [0.2, 0.25) is 0 Å². The van der Waals surface area contributed by atoms with Crippen molar-refractivity contribution in [1.29, 1.82) is 0 Å². The Bertz CT molecular complexity index is 497. The van der Waals surface area contributed by atoms with E-state index >= 15 is 0 Å². The lowest BCUT2D eigenvalue weighted by Gasteiger charge is -2.10. The maximum Gasteiger partial charge on any atom is 0.152 e. The van der Waals surface area contributed by atoms with Crippen molar-refractivity contribution in [3.8, 4) is 11.5 Å². The Balaban J connectivity index is 2.32. The molecule has 2 rings (SSSR count). The van der Waals surface area contributed by atoms with Crippen molar-refractivity contribution in [2.24, 2.45) is 0 Å². The minimum absolute atomic E-state index is 0.456.